The van der Waals surface area contributed by atoms with E-state index in [1.54, 1.807) is 6.92 Å². The molecule has 3 heteroatoms. The van der Waals surface area contributed by atoms with Crippen LogP contribution in [0.4, 0.5) is 0 Å². The third-order valence-corrected chi connectivity index (χ3v) is 3.14. The Kier molecular flexibility index (Phi) is 4.45. The molecule has 0 saturated carbocycles. The topological polar surface area (TPSA) is 54.4 Å². The van der Waals surface area contributed by atoms with Gasteiger partial charge in [-0.15, -0.1) is 0 Å². The van der Waals surface area contributed by atoms with Gasteiger partial charge in [0.1, 0.15) is 5.78 Å². The molecule has 3 nitrogen and oxygen atoms in total. The van der Waals surface area contributed by atoms with Crippen LogP contribution in [0, 0.1) is 23.2 Å². The third kappa shape index (κ3) is 3.18. The van der Waals surface area contributed by atoms with E-state index in [1.807, 2.05) is 13.8 Å². The summed E-state index contributed by atoms with van der Waals surface area (Å²) in [6.07, 6.45) is 0. The fraction of sp³-hybridized carbons (Fsp3) is 0.692. The molecular formula is C13H20O3. The summed E-state index contributed by atoms with van der Waals surface area (Å²) in [5, 5.41) is 9.68. The summed E-state index contributed by atoms with van der Waals surface area (Å²) in [5.74, 6) is 4.79. The molecule has 0 aliphatic heterocycles. The second kappa shape index (κ2) is 4.80. The molecule has 0 heterocycles. The van der Waals surface area contributed by atoms with Crippen LogP contribution >= 0.6 is 0 Å². The maximum atomic E-state index is 11.5. The van der Waals surface area contributed by atoms with Crippen LogP contribution in [0.15, 0.2) is 0 Å². The molecule has 0 bridgehead atoms. The molecule has 0 aromatic heterocycles. The zero-order valence-corrected chi connectivity index (χ0v) is 10.8. The molecule has 0 spiro atoms. The highest BCUT2D eigenvalue weighted by molar-refractivity contribution is 5.89. The SMILES string of the molecule is CC(=O)C(C)(O)C#CC(C)(C(C)=O)C(C)C. The second-order valence-electron chi connectivity index (χ2n) is 4.79. The van der Waals surface area contributed by atoms with Crippen molar-refractivity contribution in [2.24, 2.45) is 11.3 Å². The van der Waals surface area contributed by atoms with Crippen LogP contribution in [0.25, 0.3) is 0 Å². The van der Waals surface area contributed by atoms with E-state index >= 15 is 0 Å². The lowest BCUT2D eigenvalue weighted by Gasteiger charge is -2.25. The maximum Gasteiger partial charge on any atom is 0.180 e. The van der Waals surface area contributed by atoms with Gasteiger partial charge >= 0.3 is 0 Å². The summed E-state index contributed by atoms with van der Waals surface area (Å²) >= 11 is 0. The van der Waals surface area contributed by atoms with Crippen LogP contribution in [-0.4, -0.2) is 22.3 Å². The Bertz CT molecular complexity index is 355. The van der Waals surface area contributed by atoms with Gasteiger partial charge in [-0.05, 0) is 33.6 Å². The van der Waals surface area contributed by atoms with Gasteiger partial charge < -0.3 is 5.11 Å². The Morgan fingerprint density at radius 1 is 1.06 bits per heavy atom. The van der Waals surface area contributed by atoms with Gasteiger partial charge in [0.25, 0.3) is 0 Å². The fourth-order valence-electron chi connectivity index (χ4n) is 0.978. The highest BCUT2D eigenvalue weighted by Crippen LogP contribution is 2.27. The monoisotopic (exact) mass is 224 g/mol. The Morgan fingerprint density at radius 3 is 1.75 bits per heavy atom. The Balaban J connectivity index is 5.30. The first-order valence-corrected chi connectivity index (χ1v) is 5.33. The van der Waals surface area contributed by atoms with Gasteiger partial charge in [-0.1, -0.05) is 25.7 Å². The molecule has 0 saturated heterocycles. The number of aliphatic hydroxyl groups is 1. The van der Waals surface area contributed by atoms with Crippen molar-refractivity contribution in [1.29, 1.82) is 0 Å². The van der Waals surface area contributed by atoms with E-state index < -0.39 is 16.8 Å². The largest absolute Gasteiger partial charge is 0.371 e. The lowest BCUT2D eigenvalue weighted by molar-refractivity contribution is -0.128. The first-order valence-electron chi connectivity index (χ1n) is 5.33. The Labute approximate surface area is 97.2 Å². The molecule has 0 rings (SSSR count). The van der Waals surface area contributed by atoms with Crippen LogP contribution in [-0.2, 0) is 9.59 Å². The zero-order valence-electron chi connectivity index (χ0n) is 10.8. The van der Waals surface area contributed by atoms with Gasteiger partial charge in [-0.3, -0.25) is 9.59 Å². The minimum absolute atomic E-state index is 0.0280. The number of hydrogen-bond acceptors (Lipinski definition) is 3. The molecule has 0 aromatic rings. The van der Waals surface area contributed by atoms with Gasteiger partial charge in [0.05, 0.1) is 5.41 Å². The Morgan fingerprint density at radius 2 is 1.50 bits per heavy atom. The van der Waals surface area contributed by atoms with Crippen molar-refractivity contribution < 1.29 is 14.7 Å². The van der Waals surface area contributed by atoms with Crippen molar-refractivity contribution >= 4 is 11.6 Å². The Hall–Kier alpha value is -1.14. The summed E-state index contributed by atoms with van der Waals surface area (Å²) in [4.78, 5) is 22.6. The summed E-state index contributed by atoms with van der Waals surface area (Å²) in [7, 11) is 0. The van der Waals surface area contributed by atoms with Gasteiger partial charge in [-0.2, -0.15) is 0 Å². The summed E-state index contributed by atoms with van der Waals surface area (Å²) in [6, 6.07) is 0. The predicted octanol–water partition coefficient (Wildman–Crippen LogP) is 1.58. The zero-order chi connectivity index (χ0) is 13.1. The highest BCUT2D eigenvalue weighted by atomic mass is 16.3. The maximum absolute atomic E-state index is 11.5. The predicted molar refractivity (Wildman–Crippen MR) is 62.7 cm³/mol. The van der Waals surface area contributed by atoms with E-state index in [4.69, 9.17) is 0 Å². The molecule has 2 unspecified atom stereocenters. The minimum Gasteiger partial charge on any atom is -0.371 e. The van der Waals surface area contributed by atoms with E-state index in [0.29, 0.717) is 0 Å². The van der Waals surface area contributed by atoms with Crippen molar-refractivity contribution in [1.82, 2.24) is 0 Å². The average Bonchev–Trinajstić information content (AvgIpc) is 2.13. The average molecular weight is 224 g/mol. The van der Waals surface area contributed by atoms with Crippen molar-refractivity contribution in [3.63, 3.8) is 0 Å². The van der Waals surface area contributed by atoms with Gasteiger partial charge in [0, 0.05) is 0 Å². The molecule has 0 aliphatic carbocycles. The van der Waals surface area contributed by atoms with Gasteiger partial charge in [-0.25, -0.2) is 0 Å². The molecule has 90 valence electrons. The van der Waals surface area contributed by atoms with Crippen molar-refractivity contribution in [2.45, 2.75) is 47.1 Å². The molecule has 16 heavy (non-hydrogen) atoms. The number of carbonyl (C=O) groups excluding carboxylic acids is 2. The fourth-order valence-corrected chi connectivity index (χ4v) is 0.978. The lowest BCUT2D eigenvalue weighted by atomic mass is 9.76. The first kappa shape index (κ1) is 14.9. The molecule has 0 aromatic carbocycles. The molecule has 2 atom stereocenters. The molecule has 0 radical (unpaired) electrons. The van der Waals surface area contributed by atoms with Crippen LogP contribution in [0.3, 0.4) is 0 Å². The van der Waals surface area contributed by atoms with E-state index in [1.165, 1.54) is 20.8 Å². The molecule has 1 N–H and O–H groups in total. The van der Waals surface area contributed by atoms with E-state index in [9.17, 15) is 14.7 Å². The molecule has 0 fully saturated rings. The van der Waals surface area contributed by atoms with E-state index in [2.05, 4.69) is 11.8 Å². The van der Waals surface area contributed by atoms with Crippen LogP contribution < -0.4 is 0 Å². The molecule has 0 amide bonds. The third-order valence-electron chi connectivity index (χ3n) is 3.14. The van der Waals surface area contributed by atoms with Crippen molar-refractivity contribution in [2.75, 3.05) is 0 Å². The first-order chi connectivity index (χ1) is 7.04. The molecular weight excluding hydrogens is 204 g/mol. The summed E-state index contributed by atoms with van der Waals surface area (Å²) < 4.78 is 0. The number of ketones is 2. The normalized spacial score (nSPS) is 18.0. The van der Waals surface area contributed by atoms with Crippen LogP contribution in [0.5, 0.6) is 0 Å². The second-order valence-corrected chi connectivity index (χ2v) is 4.79. The highest BCUT2D eigenvalue weighted by Gasteiger charge is 2.33. The smallest absolute Gasteiger partial charge is 0.180 e. The number of hydrogen-bond donors (Lipinski definition) is 1. The lowest BCUT2D eigenvalue weighted by Crippen LogP contribution is -2.34. The van der Waals surface area contributed by atoms with Gasteiger partial charge in [0.2, 0.25) is 0 Å². The summed E-state index contributed by atoms with van der Waals surface area (Å²) in [5.41, 5.74) is -2.50. The standard InChI is InChI=1S/C13H20O3/c1-9(2)12(5,10(3)14)7-8-13(6,16)11(4)15/h9,16H,1-6H3. The van der Waals surface area contributed by atoms with Crippen LogP contribution in [0.1, 0.15) is 41.5 Å². The van der Waals surface area contributed by atoms with E-state index in [-0.39, 0.29) is 11.7 Å². The van der Waals surface area contributed by atoms with E-state index in [0.717, 1.165) is 0 Å². The number of carbonyl (C=O) groups is 2. The number of Topliss-reactive ketones (excluding diaryl/α,β-unsaturated/α-hetero) is 2. The van der Waals surface area contributed by atoms with Gasteiger partial charge in [0.15, 0.2) is 11.4 Å². The number of rotatable bonds is 3. The quantitative estimate of drug-likeness (QED) is 0.740. The van der Waals surface area contributed by atoms with Crippen molar-refractivity contribution in [3.8, 4) is 11.8 Å². The molecule has 0 aliphatic rings. The van der Waals surface area contributed by atoms with Crippen molar-refractivity contribution in [3.05, 3.63) is 0 Å². The minimum atomic E-state index is -1.68. The van der Waals surface area contributed by atoms with Crippen LogP contribution in [0.2, 0.25) is 0 Å². The summed E-state index contributed by atoms with van der Waals surface area (Å²) in [6.45, 7) is 9.58.